The Kier molecular flexibility index (Phi) is 6.43. The second kappa shape index (κ2) is 8.81. The molecule has 2 amide bonds. The number of urea groups is 1. The molecule has 3 rings (SSSR count). The van der Waals surface area contributed by atoms with Crippen LogP contribution in [0.25, 0.3) is 0 Å². The number of hydrogen-bond acceptors (Lipinski definition) is 4. The van der Waals surface area contributed by atoms with Crippen LogP contribution in [0.4, 0.5) is 10.5 Å². The van der Waals surface area contributed by atoms with Gasteiger partial charge in [0.05, 0.1) is 15.6 Å². The maximum Gasteiger partial charge on any atom is 0.317 e. The average molecular weight is 423 g/mol. The van der Waals surface area contributed by atoms with Crippen molar-refractivity contribution in [3.05, 3.63) is 59.1 Å². The van der Waals surface area contributed by atoms with Gasteiger partial charge in [-0.15, -0.1) is 0 Å². The van der Waals surface area contributed by atoms with E-state index >= 15 is 0 Å². The summed E-state index contributed by atoms with van der Waals surface area (Å²) in [5.41, 5.74) is 1.82. The molecule has 0 radical (unpaired) electrons. The molecule has 0 spiro atoms. The number of anilines is 1. The summed E-state index contributed by atoms with van der Waals surface area (Å²) >= 11 is 6.25. The predicted molar refractivity (Wildman–Crippen MR) is 110 cm³/mol. The van der Waals surface area contributed by atoms with Gasteiger partial charge in [0.25, 0.3) is 0 Å². The topological polar surface area (TPSA) is 81.8 Å². The lowest BCUT2D eigenvalue weighted by atomic mass is 10.2. The first kappa shape index (κ1) is 20.4. The van der Waals surface area contributed by atoms with E-state index in [1.165, 1.54) is 19.2 Å². The molecule has 2 N–H and O–H groups in total. The average Bonchev–Trinajstić information content (AvgIpc) is 2.73. The summed E-state index contributed by atoms with van der Waals surface area (Å²) in [5, 5.41) is 3.60. The number of amides is 2. The Labute approximate surface area is 170 Å². The molecular weight excluding hydrogens is 400 g/mol. The molecule has 1 saturated heterocycles. The molecule has 0 atom stereocenters. The minimum atomic E-state index is -3.45. The molecule has 0 unspecified atom stereocenters. The molecule has 2 aromatic carbocycles. The Morgan fingerprint density at radius 3 is 2.29 bits per heavy atom. The molecule has 1 heterocycles. The Morgan fingerprint density at radius 2 is 1.68 bits per heavy atom. The van der Waals surface area contributed by atoms with E-state index in [0.29, 0.717) is 37.7 Å². The number of hydrogen-bond donors (Lipinski definition) is 2. The summed E-state index contributed by atoms with van der Waals surface area (Å²) in [6.07, 6.45) is 0. The SMILES string of the molecule is CNS(=O)(=O)c1ccc(CNC(=O)N2CCN(c3ccccc3Cl)CC2)cc1. The van der Waals surface area contributed by atoms with Crippen LogP contribution >= 0.6 is 11.6 Å². The Morgan fingerprint density at radius 1 is 1.04 bits per heavy atom. The number of piperazine rings is 1. The highest BCUT2D eigenvalue weighted by atomic mass is 35.5. The highest BCUT2D eigenvalue weighted by Gasteiger charge is 2.22. The largest absolute Gasteiger partial charge is 0.367 e. The van der Waals surface area contributed by atoms with Crippen LogP contribution in [0.2, 0.25) is 5.02 Å². The van der Waals surface area contributed by atoms with E-state index in [4.69, 9.17) is 11.6 Å². The predicted octanol–water partition coefficient (Wildman–Crippen LogP) is 2.28. The molecule has 0 aromatic heterocycles. The number of nitrogens with one attached hydrogen (secondary N) is 2. The maximum atomic E-state index is 12.4. The number of para-hydroxylation sites is 1. The van der Waals surface area contributed by atoms with Crippen LogP contribution < -0.4 is 14.9 Å². The van der Waals surface area contributed by atoms with Gasteiger partial charge in [0.1, 0.15) is 0 Å². The summed E-state index contributed by atoms with van der Waals surface area (Å²) in [4.78, 5) is 16.6. The summed E-state index contributed by atoms with van der Waals surface area (Å²) in [7, 11) is -2.08. The van der Waals surface area contributed by atoms with Crippen molar-refractivity contribution in [1.29, 1.82) is 0 Å². The third kappa shape index (κ3) is 4.76. The molecule has 150 valence electrons. The normalized spacial score (nSPS) is 14.8. The van der Waals surface area contributed by atoms with Crippen LogP contribution in [0.1, 0.15) is 5.56 Å². The van der Waals surface area contributed by atoms with Gasteiger partial charge in [0, 0.05) is 32.7 Å². The van der Waals surface area contributed by atoms with E-state index in [9.17, 15) is 13.2 Å². The molecule has 0 bridgehead atoms. The van der Waals surface area contributed by atoms with Gasteiger partial charge in [-0.1, -0.05) is 35.9 Å². The van der Waals surface area contributed by atoms with Crippen LogP contribution in [0, 0.1) is 0 Å². The Bertz CT molecular complexity index is 926. The third-order valence-electron chi connectivity index (χ3n) is 4.71. The van der Waals surface area contributed by atoms with Gasteiger partial charge < -0.3 is 15.1 Å². The van der Waals surface area contributed by atoms with Crippen LogP contribution in [0.5, 0.6) is 0 Å². The first-order chi connectivity index (χ1) is 13.4. The van der Waals surface area contributed by atoms with Crippen LogP contribution in [0.3, 0.4) is 0 Å². The summed E-state index contributed by atoms with van der Waals surface area (Å²) in [6, 6.07) is 14.0. The van der Waals surface area contributed by atoms with E-state index in [-0.39, 0.29) is 10.9 Å². The molecule has 2 aromatic rings. The van der Waals surface area contributed by atoms with E-state index in [1.54, 1.807) is 17.0 Å². The van der Waals surface area contributed by atoms with E-state index in [2.05, 4.69) is 14.9 Å². The van der Waals surface area contributed by atoms with Gasteiger partial charge in [0.15, 0.2) is 0 Å². The number of benzene rings is 2. The van der Waals surface area contributed by atoms with Crippen LogP contribution in [-0.4, -0.2) is 52.6 Å². The number of nitrogens with zero attached hydrogens (tertiary/aromatic N) is 2. The second-order valence-corrected chi connectivity index (χ2v) is 8.73. The quantitative estimate of drug-likeness (QED) is 0.774. The summed E-state index contributed by atoms with van der Waals surface area (Å²) in [6.45, 7) is 2.98. The third-order valence-corrected chi connectivity index (χ3v) is 6.46. The molecule has 1 aliphatic heterocycles. The Balaban J connectivity index is 1.50. The molecule has 7 nitrogen and oxygen atoms in total. The smallest absolute Gasteiger partial charge is 0.317 e. The molecule has 28 heavy (non-hydrogen) atoms. The van der Waals surface area contributed by atoms with Gasteiger partial charge in [0.2, 0.25) is 10.0 Å². The van der Waals surface area contributed by atoms with Crippen molar-refractivity contribution < 1.29 is 13.2 Å². The van der Waals surface area contributed by atoms with Crippen molar-refractivity contribution in [2.75, 3.05) is 38.1 Å². The zero-order valence-electron chi connectivity index (χ0n) is 15.6. The Hall–Kier alpha value is -2.29. The number of halogens is 1. The van der Waals surface area contributed by atoms with Crippen molar-refractivity contribution >= 4 is 33.3 Å². The van der Waals surface area contributed by atoms with Crippen LogP contribution in [-0.2, 0) is 16.6 Å². The highest BCUT2D eigenvalue weighted by molar-refractivity contribution is 7.89. The van der Waals surface area contributed by atoms with Crippen molar-refractivity contribution in [1.82, 2.24) is 14.9 Å². The lowest BCUT2D eigenvalue weighted by Gasteiger charge is -2.36. The number of carbonyl (C=O) groups is 1. The molecule has 1 aliphatic rings. The summed E-state index contributed by atoms with van der Waals surface area (Å²) in [5.74, 6) is 0. The van der Waals surface area contributed by atoms with Gasteiger partial charge >= 0.3 is 6.03 Å². The fourth-order valence-electron chi connectivity index (χ4n) is 3.05. The second-order valence-electron chi connectivity index (χ2n) is 6.44. The highest BCUT2D eigenvalue weighted by Crippen LogP contribution is 2.26. The summed E-state index contributed by atoms with van der Waals surface area (Å²) < 4.78 is 25.7. The lowest BCUT2D eigenvalue weighted by molar-refractivity contribution is 0.194. The molecule has 9 heteroatoms. The fourth-order valence-corrected chi connectivity index (χ4v) is 4.04. The van der Waals surface area contributed by atoms with Crippen molar-refractivity contribution in [2.45, 2.75) is 11.4 Å². The van der Waals surface area contributed by atoms with Gasteiger partial charge in [-0.25, -0.2) is 17.9 Å². The van der Waals surface area contributed by atoms with Crippen molar-refractivity contribution in [3.8, 4) is 0 Å². The zero-order chi connectivity index (χ0) is 20.1. The van der Waals surface area contributed by atoms with Crippen molar-refractivity contribution in [2.24, 2.45) is 0 Å². The number of carbonyl (C=O) groups excluding carboxylic acids is 1. The molecule has 0 saturated carbocycles. The van der Waals surface area contributed by atoms with Crippen LogP contribution in [0.15, 0.2) is 53.4 Å². The molecular formula is C19H23ClN4O3S. The zero-order valence-corrected chi connectivity index (χ0v) is 17.1. The first-order valence-electron chi connectivity index (χ1n) is 8.95. The van der Waals surface area contributed by atoms with E-state index < -0.39 is 10.0 Å². The monoisotopic (exact) mass is 422 g/mol. The van der Waals surface area contributed by atoms with Gasteiger partial charge in [-0.05, 0) is 36.9 Å². The minimum absolute atomic E-state index is 0.134. The molecule has 0 aliphatic carbocycles. The number of sulfonamides is 1. The molecule has 1 fully saturated rings. The lowest BCUT2D eigenvalue weighted by Crippen LogP contribution is -2.51. The van der Waals surface area contributed by atoms with E-state index in [0.717, 1.165) is 11.3 Å². The van der Waals surface area contributed by atoms with E-state index in [1.807, 2.05) is 24.3 Å². The maximum absolute atomic E-state index is 12.4. The van der Waals surface area contributed by atoms with Crippen molar-refractivity contribution in [3.63, 3.8) is 0 Å². The van der Waals surface area contributed by atoms with Gasteiger partial charge in [-0.3, -0.25) is 0 Å². The van der Waals surface area contributed by atoms with Gasteiger partial charge in [-0.2, -0.15) is 0 Å². The number of rotatable bonds is 5. The minimum Gasteiger partial charge on any atom is -0.367 e. The first-order valence-corrected chi connectivity index (χ1v) is 10.8. The fraction of sp³-hybridized carbons (Fsp3) is 0.316. The standard InChI is InChI=1S/C19H23ClN4O3S/c1-21-28(26,27)16-8-6-15(7-9-16)14-22-19(25)24-12-10-23(11-13-24)18-5-3-2-4-17(18)20/h2-9,21H,10-14H2,1H3,(H,22,25).